The molecule has 102 valence electrons. The Morgan fingerprint density at radius 3 is 2.95 bits per heavy atom. The molecule has 0 bridgehead atoms. The number of ether oxygens (including phenoxy) is 1. The number of hydrogen-bond donors (Lipinski definition) is 0. The molecule has 6 heteroatoms. The van der Waals surface area contributed by atoms with Crippen molar-refractivity contribution in [2.75, 3.05) is 7.11 Å². The molecule has 2 aromatic rings. The number of nitrogens with zero attached hydrogens (tertiary/aromatic N) is 2. The molecule has 4 nitrogen and oxygen atoms in total. The van der Waals surface area contributed by atoms with Crippen molar-refractivity contribution in [3.8, 4) is 17.2 Å². The van der Waals surface area contributed by atoms with Crippen LogP contribution in [-0.2, 0) is 0 Å². The molecule has 0 N–H and O–H groups in total. The van der Waals surface area contributed by atoms with Gasteiger partial charge in [0.05, 0.1) is 18.1 Å². The number of aromatic nitrogens is 2. The zero-order chi connectivity index (χ0) is 13.8. The number of halogens is 2. The van der Waals surface area contributed by atoms with Crippen LogP contribution in [0.3, 0.4) is 0 Å². The lowest BCUT2D eigenvalue weighted by Crippen LogP contribution is -1.92. The van der Waals surface area contributed by atoms with Crippen molar-refractivity contribution in [3.63, 3.8) is 0 Å². The first-order valence-corrected chi connectivity index (χ1v) is 7.20. The lowest BCUT2D eigenvalue weighted by Gasteiger charge is -2.03. The van der Waals surface area contributed by atoms with Crippen molar-refractivity contribution >= 4 is 27.5 Å². The molecule has 0 aliphatic heterocycles. The molecule has 0 aliphatic rings. The summed E-state index contributed by atoms with van der Waals surface area (Å²) in [7, 11) is 1.61. The first kappa shape index (κ1) is 14.3. The van der Waals surface area contributed by atoms with Gasteiger partial charge in [-0.05, 0) is 40.5 Å². The van der Waals surface area contributed by atoms with Crippen LogP contribution in [0.5, 0.6) is 5.75 Å². The second-order valence-corrected chi connectivity index (χ2v) is 5.44. The van der Waals surface area contributed by atoms with Crippen LogP contribution >= 0.6 is 27.5 Å². The Hall–Kier alpha value is -1.07. The van der Waals surface area contributed by atoms with Crippen molar-refractivity contribution < 1.29 is 9.26 Å². The third-order valence-electron chi connectivity index (χ3n) is 2.67. The first-order chi connectivity index (χ1) is 9.15. The largest absolute Gasteiger partial charge is 0.497 e. The molecule has 1 unspecified atom stereocenters. The summed E-state index contributed by atoms with van der Waals surface area (Å²) < 4.78 is 11.3. The molecular formula is C13H14BrClN2O2. The standard InChI is InChI=1S/C13H14BrClN2O2/c1-3-4-11(15)12-16-13(19-17-12)9-7-8(18-2)5-6-10(9)14/h5-7,11H,3-4H2,1-2H3. The zero-order valence-electron chi connectivity index (χ0n) is 10.7. The molecule has 1 aromatic heterocycles. The lowest BCUT2D eigenvalue weighted by atomic mass is 10.2. The van der Waals surface area contributed by atoms with E-state index in [9.17, 15) is 0 Å². The van der Waals surface area contributed by atoms with E-state index in [2.05, 4.69) is 33.0 Å². The Bertz CT molecular complexity index is 559. The predicted octanol–water partition coefficient (Wildman–Crippen LogP) is 4.59. The minimum Gasteiger partial charge on any atom is -0.497 e. The number of benzene rings is 1. The second-order valence-electron chi connectivity index (χ2n) is 4.06. The molecule has 2 rings (SSSR count). The second kappa shape index (κ2) is 6.39. The highest BCUT2D eigenvalue weighted by atomic mass is 79.9. The average molecular weight is 346 g/mol. The third-order valence-corrected chi connectivity index (χ3v) is 3.77. The Balaban J connectivity index is 2.32. The van der Waals surface area contributed by atoms with E-state index in [0.29, 0.717) is 11.7 Å². The normalized spacial score (nSPS) is 12.4. The van der Waals surface area contributed by atoms with E-state index in [1.165, 1.54) is 0 Å². The van der Waals surface area contributed by atoms with Crippen molar-refractivity contribution in [1.82, 2.24) is 10.1 Å². The average Bonchev–Trinajstić information content (AvgIpc) is 2.89. The molecule has 1 aromatic carbocycles. The molecule has 0 spiro atoms. The zero-order valence-corrected chi connectivity index (χ0v) is 13.0. The van der Waals surface area contributed by atoms with Gasteiger partial charge in [-0.1, -0.05) is 18.5 Å². The Morgan fingerprint density at radius 2 is 2.26 bits per heavy atom. The van der Waals surface area contributed by atoms with Crippen LogP contribution in [0.2, 0.25) is 0 Å². The first-order valence-electron chi connectivity index (χ1n) is 5.97. The summed E-state index contributed by atoms with van der Waals surface area (Å²) in [6.07, 6.45) is 1.79. The van der Waals surface area contributed by atoms with Crippen LogP contribution in [0, 0.1) is 0 Å². The van der Waals surface area contributed by atoms with Gasteiger partial charge in [-0.3, -0.25) is 0 Å². The Kier molecular flexibility index (Phi) is 4.82. The maximum absolute atomic E-state index is 6.18. The smallest absolute Gasteiger partial charge is 0.259 e. The van der Waals surface area contributed by atoms with Gasteiger partial charge in [0.25, 0.3) is 5.89 Å². The van der Waals surface area contributed by atoms with Crippen molar-refractivity contribution in [3.05, 3.63) is 28.5 Å². The quantitative estimate of drug-likeness (QED) is 0.744. The van der Waals surface area contributed by atoms with E-state index in [-0.39, 0.29) is 5.38 Å². The van der Waals surface area contributed by atoms with Gasteiger partial charge in [-0.25, -0.2) is 0 Å². The van der Waals surface area contributed by atoms with Crippen LogP contribution in [0.4, 0.5) is 0 Å². The molecular weight excluding hydrogens is 332 g/mol. The summed E-state index contributed by atoms with van der Waals surface area (Å²) in [5.41, 5.74) is 0.790. The van der Waals surface area contributed by atoms with E-state index in [1.807, 2.05) is 18.2 Å². The minimum atomic E-state index is -0.216. The summed E-state index contributed by atoms with van der Waals surface area (Å²) in [6, 6.07) is 5.57. The topological polar surface area (TPSA) is 48.2 Å². The molecule has 19 heavy (non-hydrogen) atoms. The van der Waals surface area contributed by atoms with E-state index in [1.54, 1.807) is 7.11 Å². The predicted molar refractivity (Wildman–Crippen MR) is 77.5 cm³/mol. The molecule has 1 atom stereocenters. The Labute approximate surface area is 125 Å². The summed E-state index contributed by atoms with van der Waals surface area (Å²) in [5, 5.41) is 3.71. The molecule has 0 aliphatic carbocycles. The van der Waals surface area contributed by atoms with Crippen molar-refractivity contribution in [1.29, 1.82) is 0 Å². The molecule has 0 fully saturated rings. The summed E-state index contributed by atoms with van der Waals surface area (Å²) >= 11 is 9.64. The van der Waals surface area contributed by atoms with Gasteiger partial charge < -0.3 is 9.26 Å². The fraction of sp³-hybridized carbons (Fsp3) is 0.385. The highest BCUT2D eigenvalue weighted by molar-refractivity contribution is 9.10. The number of alkyl halides is 1. The SMILES string of the molecule is CCCC(Cl)c1noc(-c2cc(OC)ccc2Br)n1. The van der Waals surface area contributed by atoms with Crippen LogP contribution in [-0.4, -0.2) is 17.3 Å². The Morgan fingerprint density at radius 1 is 1.47 bits per heavy atom. The van der Waals surface area contributed by atoms with Gasteiger partial charge in [0.2, 0.25) is 0 Å². The van der Waals surface area contributed by atoms with E-state index >= 15 is 0 Å². The molecule has 0 saturated carbocycles. The van der Waals surface area contributed by atoms with Crippen LogP contribution in [0.1, 0.15) is 31.0 Å². The van der Waals surface area contributed by atoms with Gasteiger partial charge in [-0.15, -0.1) is 11.6 Å². The third kappa shape index (κ3) is 3.28. The molecule has 0 radical (unpaired) electrons. The van der Waals surface area contributed by atoms with Gasteiger partial charge in [0.1, 0.15) is 5.75 Å². The minimum absolute atomic E-state index is 0.216. The molecule has 1 heterocycles. The van der Waals surface area contributed by atoms with Gasteiger partial charge in [0.15, 0.2) is 5.82 Å². The summed E-state index contributed by atoms with van der Waals surface area (Å²) in [4.78, 5) is 4.34. The number of rotatable bonds is 5. The monoisotopic (exact) mass is 344 g/mol. The molecule has 0 amide bonds. The highest BCUT2D eigenvalue weighted by Gasteiger charge is 2.17. The number of hydrogen-bond acceptors (Lipinski definition) is 4. The maximum Gasteiger partial charge on any atom is 0.259 e. The van der Waals surface area contributed by atoms with Crippen LogP contribution < -0.4 is 4.74 Å². The summed E-state index contributed by atoms with van der Waals surface area (Å²) in [5.74, 6) is 1.68. The fourth-order valence-corrected chi connectivity index (χ4v) is 2.37. The van der Waals surface area contributed by atoms with Crippen molar-refractivity contribution in [2.45, 2.75) is 25.1 Å². The van der Waals surface area contributed by atoms with Crippen molar-refractivity contribution in [2.24, 2.45) is 0 Å². The number of methoxy groups -OCH3 is 1. The van der Waals surface area contributed by atoms with E-state index in [0.717, 1.165) is 28.6 Å². The fourth-order valence-electron chi connectivity index (χ4n) is 1.65. The maximum atomic E-state index is 6.18. The van der Waals surface area contributed by atoms with E-state index in [4.69, 9.17) is 20.9 Å². The van der Waals surface area contributed by atoms with Gasteiger partial charge in [0, 0.05) is 4.47 Å². The highest BCUT2D eigenvalue weighted by Crippen LogP contribution is 2.32. The van der Waals surface area contributed by atoms with Gasteiger partial charge >= 0.3 is 0 Å². The van der Waals surface area contributed by atoms with Crippen LogP contribution in [0.15, 0.2) is 27.2 Å². The lowest BCUT2D eigenvalue weighted by molar-refractivity contribution is 0.411. The van der Waals surface area contributed by atoms with Gasteiger partial charge in [-0.2, -0.15) is 4.98 Å². The summed E-state index contributed by atoms with van der Waals surface area (Å²) in [6.45, 7) is 2.06. The van der Waals surface area contributed by atoms with E-state index < -0.39 is 0 Å². The molecule has 0 saturated heterocycles. The van der Waals surface area contributed by atoms with Crippen LogP contribution in [0.25, 0.3) is 11.5 Å².